The van der Waals surface area contributed by atoms with Gasteiger partial charge >= 0.3 is 0 Å². The molecule has 0 nitrogen and oxygen atoms in total. The number of hydrogen-bond donors (Lipinski definition) is 0. The first-order chi connectivity index (χ1) is 21.2. The predicted octanol–water partition coefficient (Wildman–Crippen LogP) is 16.8. The molecule has 7 rings (SSSR count). The van der Waals surface area contributed by atoms with Crippen LogP contribution >= 0.6 is 79.4 Å². The topological polar surface area (TPSA) is 0 Å². The van der Waals surface area contributed by atoms with Crippen LogP contribution in [0.2, 0.25) is 0 Å². The lowest BCUT2D eigenvalue weighted by Crippen LogP contribution is -1.79. The van der Waals surface area contributed by atoms with Gasteiger partial charge in [-0.15, -0.1) is 79.4 Å². The molecule has 242 valence electrons. The molecule has 0 unspecified atom stereocenters. The maximum absolute atomic E-state index is 2.41. The summed E-state index contributed by atoms with van der Waals surface area (Å²) in [6, 6.07) is 14.0. The highest BCUT2D eigenvalue weighted by atomic mass is 32.1. The molecular formula is C38H48S7. The zero-order valence-electron chi connectivity index (χ0n) is 28.8. The van der Waals surface area contributed by atoms with Crippen LogP contribution < -0.4 is 0 Å². The molecule has 0 amide bonds. The molecule has 7 aromatic rings. The van der Waals surface area contributed by atoms with Crippen LogP contribution in [0.15, 0.2) is 36.4 Å². The van der Waals surface area contributed by atoms with E-state index in [1.54, 1.807) is 0 Å². The summed E-state index contributed by atoms with van der Waals surface area (Å²) in [5.41, 5.74) is 0. The van der Waals surface area contributed by atoms with E-state index >= 15 is 0 Å². The van der Waals surface area contributed by atoms with Crippen molar-refractivity contribution in [2.24, 2.45) is 0 Å². The molecular weight excluding hydrogens is 681 g/mol. The molecule has 7 heterocycles. The van der Waals surface area contributed by atoms with Crippen LogP contribution in [0.3, 0.4) is 0 Å². The molecule has 0 radical (unpaired) electrons. The van der Waals surface area contributed by atoms with E-state index in [4.69, 9.17) is 0 Å². The van der Waals surface area contributed by atoms with Gasteiger partial charge < -0.3 is 0 Å². The standard InChI is InChI=1S/C16H16S4.C12H16S2.C10H16S/c1-7(2)9-5-11-13(17-9)15-16(19-11)14-12(20-15)6-10(18-14)8(3)4;1-7(2)9-5-11-12(13-9)6-10(14-11)8(3)4;1-7(2)9-5-6-10(11-9)8(3)4/h5-8H,1-4H3;5-8H,1-4H3;5-8H,1-4H3. The summed E-state index contributed by atoms with van der Waals surface area (Å²) in [7, 11) is 0. The summed E-state index contributed by atoms with van der Waals surface area (Å²) in [6.45, 7) is 27.2. The van der Waals surface area contributed by atoms with Crippen molar-refractivity contribution in [2.45, 2.75) is 119 Å². The third-order valence-electron chi connectivity index (χ3n) is 7.78. The SMILES string of the molecule is CC(C)c1cc2sc(C(C)C)cc2s1.CC(C)c1cc2sc3c4sc(C(C)C)cc4sc3c2s1.CC(C)c1ccc(C(C)C)s1. The largest absolute Gasteiger partial charge is 0.145 e. The second-order valence-electron chi connectivity index (χ2n) is 13.7. The van der Waals surface area contributed by atoms with Gasteiger partial charge in [0.1, 0.15) is 0 Å². The minimum Gasteiger partial charge on any atom is -0.145 e. The Labute approximate surface area is 298 Å². The highest BCUT2D eigenvalue weighted by molar-refractivity contribution is 7.44. The van der Waals surface area contributed by atoms with E-state index < -0.39 is 0 Å². The molecule has 0 fully saturated rings. The molecule has 0 aliphatic heterocycles. The van der Waals surface area contributed by atoms with Gasteiger partial charge in [-0.3, -0.25) is 0 Å². The molecule has 45 heavy (non-hydrogen) atoms. The lowest BCUT2D eigenvalue weighted by molar-refractivity contribution is 0.888. The molecule has 0 saturated carbocycles. The van der Waals surface area contributed by atoms with Crippen molar-refractivity contribution in [1.82, 2.24) is 0 Å². The van der Waals surface area contributed by atoms with E-state index in [-0.39, 0.29) is 0 Å². The van der Waals surface area contributed by atoms with E-state index in [9.17, 15) is 0 Å². The Balaban J connectivity index is 0.000000141. The van der Waals surface area contributed by atoms with E-state index in [0.29, 0.717) is 35.5 Å². The molecule has 0 saturated heterocycles. The van der Waals surface area contributed by atoms with Gasteiger partial charge in [0.2, 0.25) is 0 Å². The normalized spacial score (nSPS) is 12.3. The van der Waals surface area contributed by atoms with Crippen molar-refractivity contribution in [1.29, 1.82) is 0 Å². The van der Waals surface area contributed by atoms with Crippen LogP contribution in [-0.4, -0.2) is 0 Å². The van der Waals surface area contributed by atoms with Crippen LogP contribution in [0.5, 0.6) is 0 Å². The van der Waals surface area contributed by atoms with E-state index in [1.807, 2.05) is 79.4 Å². The van der Waals surface area contributed by atoms with Crippen LogP contribution in [0.25, 0.3) is 37.6 Å². The molecule has 0 aliphatic rings. The minimum absolute atomic E-state index is 0.642. The molecule has 0 spiro atoms. The van der Waals surface area contributed by atoms with Gasteiger partial charge in [-0.05, 0) is 71.9 Å². The summed E-state index contributed by atoms with van der Waals surface area (Å²) >= 11 is 13.8. The maximum Gasteiger partial charge on any atom is 0.0650 e. The monoisotopic (exact) mass is 728 g/mol. The molecule has 0 atom stereocenters. The first kappa shape index (κ1) is 35.3. The highest BCUT2D eigenvalue weighted by Crippen LogP contribution is 2.51. The second-order valence-corrected chi connectivity index (χ2v) is 21.4. The van der Waals surface area contributed by atoms with Gasteiger partial charge in [0.05, 0.1) is 18.8 Å². The Kier molecular flexibility index (Phi) is 11.4. The molecule has 0 aromatic carbocycles. The van der Waals surface area contributed by atoms with Gasteiger partial charge in [0.25, 0.3) is 0 Å². The Morgan fingerprint density at radius 1 is 0.289 bits per heavy atom. The molecule has 0 bridgehead atoms. The minimum atomic E-state index is 0.642. The fraction of sp³-hybridized carbons (Fsp3) is 0.474. The van der Waals surface area contributed by atoms with Crippen molar-refractivity contribution >= 4 is 117 Å². The van der Waals surface area contributed by atoms with Gasteiger partial charge in [0, 0.05) is 48.1 Å². The van der Waals surface area contributed by atoms with Gasteiger partial charge in [-0.2, -0.15) is 0 Å². The van der Waals surface area contributed by atoms with E-state index in [0.717, 1.165) is 0 Å². The zero-order chi connectivity index (χ0) is 32.7. The van der Waals surface area contributed by atoms with Crippen LogP contribution in [0, 0.1) is 0 Å². The van der Waals surface area contributed by atoms with Crippen molar-refractivity contribution in [2.75, 3.05) is 0 Å². The number of fused-ring (bicyclic) bond motifs is 6. The Morgan fingerprint density at radius 2 is 0.578 bits per heavy atom. The Bertz CT molecular complexity index is 1810. The summed E-state index contributed by atoms with van der Waals surface area (Å²) in [6.07, 6.45) is 0. The Hall–Kier alpha value is -1.06. The molecule has 0 aliphatic carbocycles. The number of thiophene rings is 7. The molecule has 7 heteroatoms. The Morgan fingerprint density at radius 3 is 0.867 bits per heavy atom. The van der Waals surface area contributed by atoms with Crippen LogP contribution in [0.1, 0.15) is 148 Å². The fourth-order valence-electron chi connectivity index (χ4n) is 4.86. The lowest BCUT2D eigenvalue weighted by Gasteiger charge is -2.00. The number of rotatable bonds is 6. The quantitative estimate of drug-likeness (QED) is 0.160. The summed E-state index contributed by atoms with van der Waals surface area (Å²) in [4.78, 5) is 9.09. The van der Waals surface area contributed by atoms with E-state index in [2.05, 4.69) is 119 Å². The second kappa shape index (κ2) is 14.6. The molecule has 0 N–H and O–H groups in total. The third kappa shape index (κ3) is 7.82. The fourth-order valence-corrected chi connectivity index (χ4v) is 14.0. The van der Waals surface area contributed by atoms with Crippen molar-refractivity contribution < 1.29 is 0 Å². The van der Waals surface area contributed by atoms with Gasteiger partial charge in [-0.1, -0.05) is 83.1 Å². The summed E-state index contributed by atoms with van der Waals surface area (Å²) < 4.78 is 12.0. The first-order valence-electron chi connectivity index (χ1n) is 16.2. The van der Waals surface area contributed by atoms with Crippen molar-refractivity contribution in [3.8, 4) is 0 Å². The van der Waals surface area contributed by atoms with Gasteiger partial charge in [0.15, 0.2) is 0 Å². The zero-order valence-corrected chi connectivity index (χ0v) is 34.5. The van der Waals surface area contributed by atoms with Gasteiger partial charge in [-0.25, -0.2) is 0 Å². The average Bonchev–Trinajstić information content (AvgIpc) is 3.77. The summed E-state index contributed by atoms with van der Waals surface area (Å²) in [5.74, 6) is 4.00. The predicted molar refractivity (Wildman–Crippen MR) is 219 cm³/mol. The van der Waals surface area contributed by atoms with Crippen LogP contribution in [-0.2, 0) is 0 Å². The highest BCUT2D eigenvalue weighted by Gasteiger charge is 2.18. The first-order valence-corrected chi connectivity index (χ1v) is 22.0. The van der Waals surface area contributed by atoms with Crippen LogP contribution in [0.4, 0.5) is 0 Å². The maximum atomic E-state index is 2.41. The number of hydrogen-bond acceptors (Lipinski definition) is 7. The van der Waals surface area contributed by atoms with Crippen molar-refractivity contribution in [3.63, 3.8) is 0 Å². The van der Waals surface area contributed by atoms with Crippen molar-refractivity contribution in [3.05, 3.63) is 65.7 Å². The smallest absolute Gasteiger partial charge is 0.0650 e. The third-order valence-corrected chi connectivity index (χ3v) is 18.2. The lowest BCUT2D eigenvalue weighted by atomic mass is 10.1. The molecule has 7 aromatic heterocycles. The van der Waals surface area contributed by atoms with E-state index in [1.165, 1.54) is 66.9 Å². The average molecular weight is 729 g/mol. The summed E-state index contributed by atoms with van der Waals surface area (Å²) in [5, 5.41) is 0.